The molecule has 0 atom stereocenters. The Hall–Kier alpha value is -3.97. The van der Waals surface area contributed by atoms with Crippen LogP contribution in [-0.4, -0.2) is 33.0 Å². The summed E-state index contributed by atoms with van der Waals surface area (Å²) in [6, 6.07) is 20.7. The van der Waals surface area contributed by atoms with Gasteiger partial charge in [-0.25, -0.2) is 5.48 Å². The van der Waals surface area contributed by atoms with Gasteiger partial charge >= 0.3 is 0 Å². The number of ether oxygens (including phenoxy) is 1. The third kappa shape index (κ3) is 4.21. The van der Waals surface area contributed by atoms with E-state index in [1.165, 1.54) is 0 Å². The summed E-state index contributed by atoms with van der Waals surface area (Å²) >= 11 is 0. The summed E-state index contributed by atoms with van der Waals surface area (Å²) in [5.74, 6) is 0.270. The van der Waals surface area contributed by atoms with E-state index >= 15 is 0 Å². The van der Waals surface area contributed by atoms with Gasteiger partial charge in [-0.3, -0.25) is 19.7 Å². The van der Waals surface area contributed by atoms with E-state index in [9.17, 15) is 4.79 Å². The molecule has 2 N–H and O–H groups in total. The molecule has 0 saturated heterocycles. The first-order valence-electron chi connectivity index (χ1n) is 9.34. The minimum atomic E-state index is -0.534. The first-order chi connectivity index (χ1) is 14.7. The predicted molar refractivity (Wildman–Crippen MR) is 112 cm³/mol. The van der Waals surface area contributed by atoms with Gasteiger partial charge in [-0.1, -0.05) is 12.1 Å². The number of methoxy groups -OCH3 is 1. The van der Waals surface area contributed by atoms with Gasteiger partial charge in [-0.2, -0.15) is 5.10 Å². The third-order valence-electron chi connectivity index (χ3n) is 4.74. The highest BCUT2D eigenvalue weighted by molar-refractivity contribution is 5.93. The van der Waals surface area contributed by atoms with E-state index in [1.54, 1.807) is 30.9 Å². The van der Waals surface area contributed by atoms with Gasteiger partial charge in [0.05, 0.1) is 25.0 Å². The molecule has 0 aliphatic heterocycles. The SMILES string of the molecule is COc1ccc(-c2cc(-c3ccn(Cc4ccc(C(=O)NO)cc4)n3)ccn2)cc1. The second kappa shape index (κ2) is 8.59. The van der Waals surface area contributed by atoms with E-state index in [0.717, 1.165) is 33.8 Å². The molecule has 1 amide bonds. The van der Waals surface area contributed by atoms with E-state index in [2.05, 4.69) is 10.1 Å². The maximum Gasteiger partial charge on any atom is 0.274 e. The van der Waals surface area contributed by atoms with Gasteiger partial charge in [0, 0.05) is 29.1 Å². The van der Waals surface area contributed by atoms with Crippen molar-refractivity contribution in [1.82, 2.24) is 20.2 Å². The topological polar surface area (TPSA) is 89.3 Å². The van der Waals surface area contributed by atoms with Gasteiger partial charge in [-0.15, -0.1) is 0 Å². The lowest BCUT2D eigenvalue weighted by Gasteiger charge is -2.05. The molecule has 150 valence electrons. The zero-order chi connectivity index (χ0) is 20.9. The number of carbonyl (C=O) groups is 1. The fourth-order valence-corrected chi connectivity index (χ4v) is 3.13. The lowest BCUT2D eigenvalue weighted by atomic mass is 10.1. The molecule has 0 radical (unpaired) electrons. The molecule has 7 nitrogen and oxygen atoms in total. The number of aromatic nitrogens is 3. The minimum Gasteiger partial charge on any atom is -0.497 e. The molecule has 2 aromatic carbocycles. The van der Waals surface area contributed by atoms with Crippen molar-refractivity contribution in [3.63, 3.8) is 0 Å². The van der Waals surface area contributed by atoms with Crippen LogP contribution in [-0.2, 0) is 6.54 Å². The zero-order valence-electron chi connectivity index (χ0n) is 16.3. The van der Waals surface area contributed by atoms with Crippen molar-refractivity contribution in [2.75, 3.05) is 7.11 Å². The molecule has 0 bridgehead atoms. The number of rotatable bonds is 6. The number of nitrogens with one attached hydrogen (secondary N) is 1. The molecule has 30 heavy (non-hydrogen) atoms. The third-order valence-corrected chi connectivity index (χ3v) is 4.74. The van der Waals surface area contributed by atoms with Crippen LogP contribution in [0.3, 0.4) is 0 Å². The number of nitrogens with zero attached hydrogens (tertiary/aromatic N) is 3. The molecule has 2 heterocycles. The monoisotopic (exact) mass is 400 g/mol. The number of benzene rings is 2. The van der Waals surface area contributed by atoms with Gasteiger partial charge in [0.15, 0.2) is 0 Å². The molecule has 4 aromatic rings. The van der Waals surface area contributed by atoms with Crippen LogP contribution in [0.25, 0.3) is 22.5 Å². The van der Waals surface area contributed by atoms with E-state index in [1.807, 2.05) is 65.5 Å². The molecule has 0 fully saturated rings. The summed E-state index contributed by atoms with van der Waals surface area (Å²) in [5, 5.41) is 13.4. The first kappa shape index (κ1) is 19.4. The van der Waals surface area contributed by atoms with Gasteiger partial charge < -0.3 is 4.74 Å². The standard InChI is InChI=1S/C23H20N4O3/c1-30-20-8-6-17(7-9-20)22-14-19(10-12-24-22)21-11-13-27(25-21)15-16-2-4-18(5-3-16)23(28)26-29/h2-14,29H,15H2,1H3,(H,26,28). The summed E-state index contributed by atoms with van der Waals surface area (Å²) in [4.78, 5) is 15.9. The van der Waals surface area contributed by atoms with Crippen LogP contribution in [0.4, 0.5) is 0 Å². The molecule has 2 aromatic heterocycles. The molecule has 0 unspecified atom stereocenters. The number of hydrogen-bond donors (Lipinski definition) is 2. The second-order valence-electron chi connectivity index (χ2n) is 6.69. The minimum absolute atomic E-state index is 0.394. The van der Waals surface area contributed by atoms with Crippen molar-refractivity contribution in [3.8, 4) is 28.3 Å². The number of pyridine rings is 1. The van der Waals surface area contributed by atoms with Gasteiger partial charge in [-0.05, 0) is 60.2 Å². The summed E-state index contributed by atoms with van der Waals surface area (Å²) in [7, 11) is 1.64. The normalized spacial score (nSPS) is 10.6. The number of carbonyl (C=O) groups excluding carboxylic acids is 1. The molecular formula is C23H20N4O3. The number of hydrogen-bond acceptors (Lipinski definition) is 5. The molecule has 4 rings (SSSR count). The Bertz CT molecular complexity index is 1150. The Labute approximate surface area is 173 Å². The van der Waals surface area contributed by atoms with Crippen LogP contribution in [0.2, 0.25) is 0 Å². The molecule has 0 aliphatic rings. The fourth-order valence-electron chi connectivity index (χ4n) is 3.13. The van der Waals surface area contributed by atoms with Crippen molar-refractivity contribution >= 4 is 5.91 Å². The maximum atomic E-state index is 11.4. The number of hydroxylamine groups is 1. The fraction of sp³-hybridized carbons (Fsp3) is 0.0870. The second-order valence-corrected chi connectivity index (χ2v) is 6.69. The Morgan fingerprint density at radius 3 is 2.47 bits per heavy atom. The summed E-state index contributed by atoms with van der Waals surface area (Å²) < 4.78 is 7.05. The molecular weight excluding hydrogens is 380 g/mol. The first-order valence-corrected chi connectivity index (χ1v) is 9.34. The summed E-state index contributed by atoms with van der Waals surface area (Å²) in [5.41, 5.74) is 6.71. The largest absolute Gasteiger partial charge is 0.497 e. The van der Waals surface area contributed by atoms with Crippen molar-refractivity contribution in [2.24, 2.45) is 0 Å². The lowest BCUT2D eigenvalue weighted by molar-refractivity contribution is 0.0706. The van der Waals surface area contributed by atoms with Crippen LogP contribution in [0.15, 0.2) is 79.1 Å². The van der Waals surface area contributed by atoms with Crippen molar-refractivity contribution in [2.45, 2.75) is 6.54 Å². The van der Waals surface area contributed by atoms with Crippen LogP contribution >= 0.6 is 0 Å². The van der Waals surface area contributed by atoms with Crippen molar-refractivity contribution < 1.29 is 14.7 Å². The highest BCUT2D eigenvalue weighted by atomic mass is 16.5. The highest BCUT2D eigenvalue weighted by Crippen LogP contribution is 2.25. The smallest absolute Gasteiger partial charge is 0.274 e. The molecule has 7 heteroatoms. The van der Waals surface area contributed by atoms with Gasteiger partial charge in [0.25, 0.3) is 5.91 Å². The molecule has 0 aliphatic carbocycles. The maximum absolute atomic E-state index is 11.4. The van der Waals surface area contributed by atoms with Crippen LogP contribution < -0.4 is 10.2 Å². The van der Waals surface area contributed by atoms with Crippen LogP contribution in [0, 0.1) is 0 Å². The van der Waals surface area contributed by atoms with Crippen molar-refractivity contribution in [3.05, 3.63) is 90.3 Å². The number of amides is 1. The zero-order valence-corrected chi connectivity index (χ0v) is 16.3. The summed E-state index contributed by atoms with van der Waals surface area (Å²) in [6.07, 6.45) is 3.69. The summed E-state index contributed by atoms with van der Waals surface area (Å²) in [6.45, 7) is 0.567. The van der Waals surface area contributed by atoms with E-state index in [0.29, 0.717) is 12.1 Å². The Morgan fingerprint density at radius 1 is 1.00 bits per heavy atom. The van der Waals surface area contributed by atoms with Crippen molar-refractivity contribution in [1.29, 1.82) is 0 Å². The van der Waals surface area contributed by atoms with Crippen LogP contribution in [0.1, 0.15) is 15.9 Å². The highest BCUT2D eigenvalue weighted by Gasteiger charge is 2.08. The van der Waals surface area contributed by atoms with E-state index in [4.69, 9.17) is 9.94 Å². The average Bonchev–Trinajstić information content (AvgIpc) is 3.28. The van der Waals surface area contributed by atoms with E-state index < -0.39 is 5.91 Å². The quantitative estimate of drug-likeness (QED) is 0.380. The Morgan fingerprint density at radius 2 is 1.77 bits per heavy atom. The van der Waals surface area contributed by atoms with Gasteiger partial charge in [0.1, 0.15) is 5.75 Å². The predicted octanol–water partition coefficient (Wildman–Crippen LogP) is 3.79. The molecule has 0 spiro atoms. The molecule has 0 saturated carbocycles. The lowest BCUT2D eigenvalue weighted by Crippen LogP contribution is -2.18. The van der Waals surface area contributed by atoms with Crippen LogP contribution in [0.5, 0.6) is 5.75 Å². The van der Waals surface area contributed by atoms with E-state index in [-0.39, 0.29) is 0 Å². The Kier molecular flexibility index (Phi) is 5.54. The van der Waals surface area contributed by atoms with Gasteiger partial charge in [0.2, 0.25) is 0 Å². The Balaban J connectivity index is 1.51. The average molecular weight is 400 g/mol.